The van der Waals surface area contributed by atoms with E-state index in [-0.39, 0.29) is 0 Å². The van der Waals surface area contributed by atoms with Crippen LogP contribution in [0, 0.1) is 0 Å². The molecule has 0 fully saturated rings. The summed E-state index contributed by atoms with van der Waals surface area (Å²) in [7, 11) is 0. The molecule has 0 saturated carbocycles. The first-order valence-corrected chi connectivity index (χ1v) is 17.0. The van der Waals surface area contributed by atoms with Crippen molar-refractivity contribution in [2.24, 2.45) is 0 Å². The smallest absolute Gasteiger partial charge is 0.267 e. The molecular formula is C40H69N3O3. The average molecular weight is 640 g/mol. The van der Waals surface area contributed by atoms with Gasteiger partial charge in [-0.3, -0.25) is 14.9 Å². The van der Waals surface area contributed by atoms with Gasteiger partial charge in [0.1, 0.15) is 0 Å². The second kappa shape index (κ2) is 39.6. The minimum absolute atomic E-state index is 0.571. The van der Waals surface area contributed by atoms with Crippen LogP contribution in [0.1, 0.15) is 93.1 Å². The number of nitrogens with zero attached hydrogens (tertiary/aromatic N) is 1. The molecule has 0 aliphatic heterocycles. The fourth-order valence-electron chi connectivity index (χ4n) is 3.75. The van der Waals surface area contributed by atoms with Gasteiger partial charge < -0.3 is 9.72 Å². The number of H-pyrrole nitrogens is 1. The number of allylic oxidation sites excluding steroid dienone is 4. The van der Waals surface area contributed by atoms with Crippen LogP contribution in [0.15, 0.2) is 105 Å². The second-order valence-electron chi connectivity index (χ2n) is 9.29. The van der Waals surface area contributed by atoms with Crippen molar-refractivity contribution >= 4 is 16.8 Å². The number of aromatic nitrogens is 1. The molecule has 1 heterocycles. The number of hydrogen-bond acceptors (Lipinski definition) is 4. The molecule has 2 rings (SSSR count). The standard InChI is InChI=1S/C25H33N3O2.C7H16O.2C2H6.2C2H4/c1-4-6-16-28(17-15-22-18-26-24-10-8-7-9-23(22)24)19-21(5-2)13-11-20(3)12-14-25(29)27-30;1-3-5-7-8-6-4-2;4*1-2/h5,7-14,18,26,30H,3-4,6,15-17,19H2,1-2H3,(H,27,29);3-7H2,1-2H3;2*1-2H3;2*1-2H2/b13-11-,14-12+,21-5+;;;;;. The van der Waals surface area contributed by atoms with Crippen LogP contribution in [0.4, 0.5) is 0 Å². The number of para-hydroxylation sites is 1. The maximum absolute atomic E-state index is 11.1. The zero-order chi connectivity index (χ0) is 36.0. The van der Waals surface area contributed by atoms with Crippen LogP contribution in [0.25, 0.3) is 10.9 Å². The Morgan fingerprint density at radius 2 is 1.50 bits per heavy atom. The van der Waals surface area contributed by atoms with E-state index in [2.05, 4.69) is 100 Å². The molecule has 0 spiro atoms. The van der Waals surface area contributed by atoms with Crippen LogP contribution in [0.3, 0.4) is 0 Å². The number of nitrogens with one attached hydrogen (secondary N) is 2. The molecule has 1 amide bonds. The average Bonchev–Trinajstić information content (AvgIpc) is 3.55. The summed E-state index contributed by atoms with van der Waals surface area (Å²) in [6.45, 7) is 37.3. The van der Waals surface area contributed by atoms with Gasteiger partial charge in [-0.2, -0.15) is 0 Å². The first-order valence-electron chi connectivity index (χ1n) is 17.0. The Hall–Kier alpha value is -3.45. The number of carbonyl (C=O) groups is 1. The molecular weight excluding hydrogens is 570 g/mol. The Labute approximate surface area is 283 Å². The summed E-state index contributed by atoms with van der Waals surface area (Å²) in [5, 5.41) is 9.84. The highest BCUT2D eigenvalue weighted by Gasteiger charge is 2.09. The molecule has 6 nitrogen and oxygen atoms in total. The lowest BCUT2D eigenvalue weighted by Crippen LogP contribution is -2.29. The summed E-state index contributed by atoms with van der Waals surface area (Å²) in [5.41, 5.74) is 6.00. The van der Waals surface area contributed by atoms with Gasteiger partial charge in [-0.1, -0.05) is 110 Å². The van der Waals surface area contributed by atoms with Gasteiger partial charge in [-0.05, 0) is 61.9 Å². The molecule has 1 aromatic carbocycles. The van der Waals surface area contributed by atoms with Crippen molar-refractivity contribution in [3.63, 3.8) is 0 Å². The van der Waals surface area contributed by atoms with Crippen molar-refractivity contribution in [2.75, 3.05) is 32.8 Å². The highest BCUT2D eigenvalue weighted by atomic mass is 16.5. The molecule has 1 aromatic heterocycles. The third kappa shape index (κ3) is 26.9. The third-order valence-electron chi connectivity index (χ3n) is 6.04. The monoisotopic (exact) mass is 640 g/mol. The van der Waals surface area contributed by atoms with Gasteiger partial charge in [0.2, 0.25) is 0 Å². The Balaban J connectivity index is -0.000000465. The Bertz CT molecular complexity index is 1040. The van der Waals surface area contributed by atoms with E-state index in [1.54, 1.807) is 11.6 Å². The summed E-state index contributed by atoms with van der Waals surface area (Å²) in [4.78, 5) is 16.9. The van der Waals surface area contributed by atoms with Crippen molar-refractivity contribution in [1.29, 1.82) is 0 Å². The van der Waals surface area contributed by atoms with E-state index >= 15 is 0 Å². The molecule has 0 radical (unpaired) electrons. The summed E-state index contributed by atoms with van der Waals surface area (Å²) in [6, 6.07) is 8.43. The number of rotatable bonds is 17. The van der Waals surface area contributed by atoms with Gasteiger partial charge in [0.05, 0.1) is 0 Å². The van der Waals surface area contributed by atoms with Gasteiger partial charge in [0.15, 0.2) is 0 Å². The van der Waals surface area contributed by atoms with E-state index in [9.17, 15) is 4.79 Å². The van der Waals surface area contributed by atoms with Crippen molar-refractivity contribution in [1.82, 2.24) is 15.4 Å². The van der Waals surface area contributed by atoms with Gasteiger partial charge in [-0.15, -0.1) is 26.3 Å². The lowest BCUT2D eigenvalue weighted by molar-refractivity contribution is -0.124. The molecule has 0 aliphatic rings. The molecule has 3 N–H and O–H groups in total. The normalized spacial score (nSPS) is 10.3. The van der Waals surface area contributed by atoms with Crippen molar-refractivity contribution in [2.45, 2.75) is 93.9 Å². The number of benzene rings is 1. The van der Waals surface area contributed by atoms with Crippen molar-refractivity contribution in [3.8, 4) is 0 Å². The van der Waals surface area contributed by atoms with Gasteiger partial charge in [0.25, 0.3) is 5.91 Å². The van der Waals surface area contributed by atoms with Gasteiger partial charge in [0, 0.05) is 49.5 Å². The quantitative estimate of drug-likeness (QED) is 0.0402. The number of fused-ring (bicyclic) bond motifs is 1. The van der Waals surface area contributed by atoms with E-state index < -0.39 is 5.91 Å². The van der Waals surface area contributed by atoms with Gasteiger partial charge in [-0.25, -0.2) is 5.48 Å². The van der Waals surface area contributed by atoms with Gasteiger partial charge >= 0.3 is 0 Å². The highest BCUT2D eigenvalue weighted by molar-refractivity contribution is 5.87. The fraction of sp³-hybridized carbons (Fsp3) is 0.475. The Kier molecular flexibility index (Phi) is 42.5. The summed E-state index contributed by atoms with van der Waals surface area (Å²) < 4.78 is 5.22. The molecule has 262 valence electrons. The summed E-state index contributed by atoms with van der Waals surface area (Å²) in [6.07, 6.45) is 17.9. The topological polar surface area (TPSA) is 77.6 Å². The number of hydroxylamine groups is 1. The van der Waals surface area contributed by atoms with Crippen LogP contribution < -0.4 is 5.48 Å². The van der Waals surface area contributed by atoms with Crippen LogP contribution in [0.2, 0.25) is 0 Å². The number of ether oxygens (including phenoxy) is 1. The highest BCUT2D eigenvalue weighted by Crippen LogP contribution is 2.19. The Morgan fingerprint density at radius 3 is 2.07 bits per heavy atom. The zero-order valence-electron chi connectivity index (χ0n) is 30.8. The lowest BCUT2D eigenvalue weighted by atomic mass is 10.1. The molecule has 0 saturated heterocycles. The van der Waals surface area contributed by atoms with E-state index in [4.69, 9.17) is 9.94 Å². The first kappa shape index (κ1) is 49.4. The SMILES string of the molecule is C=C.C=C.C=C(/C=C\C(=C/C)CN(CCCC)CCc1c[nH]c2ccccc12)/C=C/C(=O)NO.CC.CC.CCCCOCCC. The van der Waals surface area contributed by atoms with Crippen LogP contribution in [-0.4, -0.2) is 53.8 Å². The summed E-state index contributed by atoms with van der Waals surface area (Å²) in [5.74, 6) is -0.571. The van der Waals surface area contributed by atoms with E-state index in [0.717, 1.165) is 45.7 Å². The number of aromatic amines is 1. The molecule has 0 unspecified atom stereocenters. The minimum atomic E-state index is -0.571. The Morgan fingerprint density at radius 1 is 0.891 bits per heavy atom. The van der Waals surface area contributed by atoms with Crippen LogP contribution >= 0.6 is 0 Å². The second-order valence-corrected chi connectivity index (χ2v) is 9.29. The molecule has 2 aromatic rings. The molecule has 6 heteroatoms. The van der Waals surface area contributed by atoms with Crippen molar-refractivity contribution < 1.29 is 14.7 Å². The predicted octanol–water partition coefficient (Wildman–Crippen LogP) is 10.8. The molecule has 0 bridgehead atoms. The molecule has 46 heavy (non-hydrogen) atoms. The predicted molar refractivity (Wildman–Crippen MR) is 206 cm³/mol. The maximum Gasteiger partial charge on any atom is 0.267 e. The molecule has 0 aliphatic carbocycles. The van der Waals surface area contributed by atoms with Crippen molar-refractivity contribution in [3.05, 3.63) is 110 Å². The zero-order valence-corrected chi connectivity index (χ0v) is 30.8. The maximum atomic E-state index is 11.1. The largest absolute Gasteiger partial charge is 0.381 e. The molecule has 0 atom stereocenters. The van der Waals surface area contributed by atoms with Crippen LogP contribution in [0.5, 0.6) is 0 Å². The number of unbranched alkanes of at least 4 members (excludes halogenated alkanes) is 2. The fourth-order valence-corrected chi connectivity index (χ4v) is 3.75. The van der Waals surface area contributed by atoms with E-state index in [0.29, 0.717) is 5.57 Å². The number of carbonyl (C=O) groups excluding carboxylic acids is 1. The first-order chi connectivity index (χ1) is 22.5. The summed E-state index contributed by atoms with van der Waals surface area (Å²) >= 11 is 0. The van der Waals surface area contributed by atoms with Crippen LogP contribution in [-0.2, 0) is 16.0 Å². The number of amides is 1. The lowest BCUT2D eigenvalue weighted by Gasteiger charge is -2.22. The third-order valence-corrected chi connectivity index (χ3v) is 6.04. The van der Waals surface area contributed by atoms with E-state index in [1.807, 2.05) is 46.8 Å². The number of hydrogen-bond donors (Lipinski definition) is 3. The minimum Gasteiger partial charge on any atom is -0.381 e. The van der Waals surface area contributed by atoms with E-state index in [1.165, 1.54) is 53.8 Å².